The van der Waals surface area contributed by atoms with Gasteiger partial charge in [0.2, 0.25) is 5.95 Å². The van der Waals surface area contributed by atoms with Crippen molar-refractivity contribution in [2.75, 3.05) is 31.4 Å². The number of nitrogens with one attached hydrogen (secondary N) is 1. The molecule has 0 radical (unpaired) electrons. The molecule has 3 N–H and O–H groups in total. The van der Waals surface area contributed by atoms with Crippen LogP contribution < -0.4 is 20.7 Å². The van der Waals surface area contributed by atoms with E-state index in [0.717, 1.165) is 17.1 Å². The highest BCUT2D eigenvalue weighted by Crippen LogP contribution is 2.16. The smallest absolute Gasteiger partial charge is 0.225 e. The van der Waals surface area contributed by atoms with E-state index in [1.807, 2.05) is 49.3 Å². The number of ether oxygens (including phenoxy) is 1. The highest BCUT2D eigenvalue weighted by molar-refractivity contribution is 5.92. The lowest BCUT2D eigenvalue weighted by molar-refractivity contribution is 0.415. The number of nitrogens with zero attached hydrogens (tertiary/aromatic N) is 4. The van der Waals surface area contributed by atoms with E-state index < -0.39 is 0 Å². The monoisotopic (exact) mass is 300 g/mol. The van der Waals surface area contributed by atoms with E-state index in [1.165, 1.54) is 0 Å². The quantitative estimate of drug-likeness (QED) is 0.642. The van der Waals surface area contributed by atoms with Crippen molar-refractivity contribution >= 4 is 17.6 Å². The lowest BCUT2D eigenvalue weighted by Crippen LogP contribution is -2.22. The van der Waals surface area contributed by atoms with Gasteiger partial charge < -0.3 is 20.7 Å². The van der Waals surface area contributed by atoms with Crippen LogP contribution in [0, 0.1) is 0 Å². The number of rotatable bonds is 5. The number of guanidine groups is 1. The molecular formula is C15H20N6O. The molecule has 0 saturated carbocycles. The van der Waals surface area contributed by atoms with Gasteiger partial charge in [-0.2, -0.15) is 0 Å². The van der Waals surface area contributed by atoms with Crippen molar-refractivity contribution in [2.24, 2.45) is 10.7 Å². The Morgan fingerprint density at radius 1 is 1.36 bits per heavy atom. The zero-order valence-electron chi connectivity index (χ0n) is 12.9. The number of nitrogens with two attached hydrogens (primary N) is 1. The zero-order valence-corrected chi connectivity index (χ0v) is 12.9. The highest BCUT2D eigenvalue weighted by Gasteiger charge is 2.01. The third kappa shape index (κ3) is 4.34. The molecule has 0 aliphatic heterocycles. The summed E-state index contributed by atoms with van der Waals surface area (Å²) in [6, 6.07) is 9.29. The summed E-state index contributed by atoms with van der Waals surface area (Å²) in [6.45, 7) is 0.381. The van der Waals surface area contributed by atoms with Crippen LogP contribution in [0.1, 0.15) is 5.69 Å². The zero-order chi connectivity index (χ0) is 15.9. The summed E-state index contributed by atoms with van der Waals surface area (Å²) in [6.07, 6.45) is 1.71. The summed E-state index contributed by atoms with van der Waals surface area (Å²) < 4.78 is 5.16. The summed E-state index contributed by atoms with van der Waals surface area (Å²) in [4.78, 5) is 14.7. The molecule has 7 heteroatoms. The molecule has 116 valence electrons. The van der Waals surface area contributed by atoms with Gasteiger partial charge in [-0.3, -0.25) is 0 Å². The first-order chi connectivity index (χ1) is 10.6. The Bertz CT molecular complexity index is 656. The number of aromatic nitrogens is 2. The van der Waals surface area contributed by atoms with Gasteiger partial charge in [-0.1, -0.05) is 6.07 Å². The molecule has 1 heterocycles. The fourth-order valence-electron chi connectivity index (χ4n) is 1.74. The Balaban J connectivity index is 2.01. The van der Waals surface area contributed by atoms with Crippen LogP contribution in [-0.2, 0) is 6.54 Å². The molecular weight excluding hydrogens is 280 g/mol. The maximum Gasteiger partial charge on any atom is 0.225 e. The molecule has 22 heavy (non-hydrogen) atoms. The van der Waals surface area contributed by atoms with Gasteiger partial charge in [0.1, 0.15) is 5.75 Å². The summed E-state index contributed by atoms with van der Waals surface area (Å²) in [7, 11) is 5.40. The first-order valence-electron chi connectivity index (χ1n) is 6.78. The average Bonchev–Trinajstić information content (AvgIpc) is 2.53. The van der Waals surface area contributed by atoms with E-state index >= 15 is 0 Å². The molecule has 0 aliphatic carbocycles. The van der Waals surface area contributed by atoms with Crippen molar-refractivity contribution in [1.82, 2.24) is 9.97 Å². The van der Waals surface area contributed by atoms with Crippen LogP contribution in [-0.4, -0.2) is 37.1 Å². The van der Waals surface area contributed by atoms with Crippen LogP contribution in [0.25, 0.3) is 0 Å². The first kappa shape index (κ1) is 15.6. The maximum absolute atomic E-state index is 5.89. The van der Waals surface area contributed by atoms with Gasteiger partial charge in [0, 0.05) is 32.0 Å². The van der Waals surface area contributed by atoms with Gasteiger partial charge >= 0.3 is 0 Å². The molecule has 2 rings (SSSR count). The Hall–Kier alpha value is -2.83. The molecule has 0 bridgehead atoms. The van der Waals surface area contributed by atoms with Gasteiger partial charge in [-0.15, -0.1) is 0 Å². The van der Waals surface area contributed by atoms with E-state index in [2.05, 4.69) is 20.3 Å². The number of anilines is 2. The van der Waals surface area contributed by atoms with E-state index in [-0.39, 0.29) is 0 Å². The number of benzene rings is 1. The second-order valence-corrected chi connectivity index (χ2v) is 4.80. The minimum absolute atomic E-state index is 0.318. The van der Waals surface area contributed by atoms with Gasteiger partial charge in [-0.25, -0.2) is 15.0 Å². The highest BCUT2D eigenvalue weighted by atomic mass is 16.5. The summed E-state index contributed by atoms with van der Waals surface area (Å²) in [5.41, 5.74) is 7.50. The summed E-state index contributed by atoms with van der Waals surface area (Å²) in [5, 5.41) is 3.02. The molecule has 0 atom stereocenters. The molecule has 0 fully saturated rings. The molecule has 7 nitrogen and oxygen atoms in total. The fraction of sp³-hybridized carbons (Fsp3) is 0.267. The van der Waals surface area contributed by atoms with E-state index in [9.17, 15) is 0 Å². The molecule has 1 aromatic heterocycles. The third-order valence-corrected chi connectivity index (χ3v) is 2.85. The Morgan fingerprint density at radius 3 is 2.91 bits per heavy atom. The predicted molar refractivity (Wildman–Crippen MR) is 88.3 cm³/mol. The standard InChI is InChI=1S/C15H20N6O/c1-21(2)15-17-8-7-12(20-15)10-18-14(16)19-11-5-4-6-13(9-11)22-3/h4-9H,10H2,1-3H3,(H3,16,18,19). The molecule has 0 saturated heterocycles. The second kappa shape index (κ2) is 7.26. The van der Waals surface area contributed by atoms with Gasteiger partial charge in [0.25, 0.3) is 0 Å². The van der Waals surface area contributed by atoms with Crippen molar-refractivity contribution < 1.29 is 4.74 Å². The van der Waals surface area contributed by atoms with Crippen LogP contribution in [0.3, 0.4) is 0 Å². The third-order valence-electron chi connectivity index (χ3n) is 2.85. The Kier molecular flexibility index (Phi) is 5.13. The van der Waals surface area contributed by atoms with E-state index in [4.69, 9.17) is 10.5 Å². The van der Waals surface area contributed by atoms with Crippen LogP contribution in [0.15, 0.2) is 41.5 Å². The maximum atomic E-state index is 5.89. The molecule has 0 aliphatic rings. The van der Waals surface area contributed by atoms with Gasteiger partial charge in [-0.05, 0) is 18.2 Å². The van der Waals surface area contributed by atoms with Crippen LogP contribution in [0.2, 0.25) is 0 Å². The Morgan fingerprint density at radius 2 is 2.18 bits per heavy atom. The second-order valence-electron chi connectivity index (χ2n) is 4.80. The summed E-state index contributed by atoms with van der Waals surface area (Å²) in [5.74, 6) is 1.72. The minimum atomic E-state index is 0.318. The molecule has 0 amide bonds. The minimum Gasteiger partial charge on any atom is -0.497 e. The van der Waals surface area contributed by atoms with Crippen molar-refractivity contribution in [3.05, 3.63) is 42.2 Å². The molecule has 0 unspecified atom stereocenters. The van der Waals surface area contributed by atoms with Gasteiger partial charge in [0.15, 0.2) is 5.96 Å². The number of hydrogen-bond donors (Lipinski definition) is 2. The molecule has 2 aromatic rings. The van der Waals surface area contributed by atoms with E-state index in [0.29, 0.717) is 18.5 Å². The molecule has 0 spiro atoms. The van der Waals surface area contributed by atoms with Crippen molar-refractivity contribution in [2.45, 2.75) is 6.54 Å². The lowest BCUT2D eigenvalue weighted by atomic mass is 10.3. The number of hydrogen-bond acceptors (Lipinski definition) is 5. The largest absolute Gasteiger partial charge is 0.497 e. The lowest BCUT2D eigenvalue weighted by Gasteiger charge is -2.10. The van der Waals surface area contributed by atoms with Crippen molar-refractivity contribution in [3.63, 3.8) is 0 Å². The number of methoxy groups -OCH3 is 1. The van der Waals surface area contributed by atoms with Crippen LogP contribution in [0.5, 0.6) is 5.75 Å². The van der Waals surface area contributed by atoms with Crippen LogP contribution in [0.4, 0.5) is 11.6 Å². The van der Waals surface area contributed by atoms with E-state index in [1.54, 1.807) is 13.3 Å². The van der Waals surface area contributed by atoms with Crippen LogP contribution >= 0.6 is 0 Å². The average molecular weight is 300 g/mol. The number of aliphatic imine (C=N–C) groups is 1. The SMILES string of the molecule is COc1cccc(NC(N)=NCc2ccnc(N(C)C)n2)c1. The normalized spacial score (nSPS) is 11.1. The van der Waals surface area contributed by atoms with Crippen molar-refractivity contribution in [3.8, 4) is 5.75 Å². The summed E-state index contributed by atoms with van der Waals surface area (Å²) >= 11 is 0. The van der Waals surface area contributed by atoms with Crippen molar-refractivity contribution in [1.29, 1.82) is 0 Å². The first-order valence-corrected chi connectivity index (χ1v) is 6.78. The van der Waals surface area contributed by atoms with Gasteiger partial charge in [0.05, 0.1) is 19.3 Å². The fourth-order valence-corrected chi connectivity index (χ4v) is 1.74. The molecule has 1 aromatic carbocycles. The predicted octanol–water partition coefficient (Wildman–Crippen LogP) is 1.48. The topological polar surface area (TPSA) is 88.7 Å². The Labute approximate surface area is 129 Å².